The average molecular weight is 528 g/mol. The van der Waals surface area contributed by atoms with Gasteiger partial charge >= 0.3 is 0 Å². The summed E-state index contributed by atoms with van der Waals surface area (Å²) in [6, 6.07) is 7.94. The lowest BCUT2D eigenvalue weighted by atomic mass is 9.90. The molecule has 4 rings (SSSR count). The van der Waals surface area contributed by atoms with Crippen molar-refractivity contribution >= 4 is 16.8 Å². The minimum absolute atomic E-state index is 0.0602. The van der Waals surface area contributed by atoms with E-state index >= 15 is 0 Å². The molecule has 0 spiro atoms. The lowest BCUT2D eigenvalue weighted by Gasteiger charge is -2.37. The number of rotatable bonds is 13. The zero-order chi connectivity index (χ0) is 26.7. The van der Waals surface area contributed by atoms with Gasteiger partial charge in [-0.2, -0.15) is 0 Å². The van der Waals surface area contributed by atoms with E-state index in [0.717, 1.165) is 31.3 Å². The first-order valence-corrected chi connectivity index (χ1v) is 14.4. The van der Waals surface area contributed by atoms with E-state index in [4.69, 9.17) is 23.9 Å². The average Bonchev–Trinajstić information content (AvgIpc) is 2.94. The number of carbonyl (C=O) groups is 1. The Balaban J connectivity index is 1.62. The highest BCUT2D eigenvalue weighted by Gasteiger charge is 2.30. The summed E-state index contributed by atoms with van der Waals surface area (Å²) in [6.07, 6.45) is 9.04. The van der Waals surface area contributed by atoms with E-state index in [-0.39, 0.29) is 24.8 Å². The molecule has 0 radical (unpaired) electrons. The van der Waals surface area contributed by atoms with Crippen LogP contribution in [0.3, 0.4) is 0 Å². The first-order chi connectivity index (χ1) is 18.6. The third kappa shape index (κ3) is 7.58. The van der Waals surface area contributed by atoms with Crippen molar-refractivity contribution in [3.63, 3.8) is 0 Å². The van der Waals surface area contributed by atoms with Crippen LogP contribution in [0.15, 0.2) is 24.3 Å². The van der Waals surface area contributed by atoms with Gasteiger partial charge in [0.1, 0.15) is 29.5 Å². The molecule has 1 atom stereocenters. The van der Waals surface area contributed by atoms with Crippen molar-refractivity contribution in [2.24, 2.45) is 5.92 Å². The fourth-order valence-corrected chi connectivity index (χ4v) is 5.61. The topological polar surface area (TPSA) is 82.2 Å². The van der Waals surface area contributed by atoms with Crippen LogP contribution in [0, 0.1) is 5.92 Å². The standard InChI is InChI=1S/C30H45N3O5/c1-22(2)33(24-12-8-15-31-19-24)30(34)26-18-28(37-17-9-16-36-21-35-3)25-13-7-14-27(29(25)32-26)38-20-23-10-5-4-6-11-23/h7,13-14,18,22-24,31H,4-6,8-12,15-17,19-21H2,1-3H3/t24-/m1/s1. The van der Waals surface area contributed by atoms with Crippen molar-refractivity contribution in [1.29, 1.82) is 0 Å². The quantitative estimate of drug-likeness (QED) is 0.284. The molecule has 2 fully saturated rings. The molecular formula is C30H45N3O5. The molecule has 1 aromatic heterocycles. The monoisotopic (exact) mass is 527 g/mol. The summed E-state index contributed by atoms with van der Waals surface area (Å²) in [5.41, 5.74) is 1.08. The van der Waals surface area contributed by atoms with Gasteiger partial charge < -0.3 is 29.2 Å². The Labute approximate surface area is 227 Å². The zero-order valence-corrected chi connectivity index (χ0v) is 23.4. The van der Waals surface area contributed by atoms with E-state index in [1.165, 1.54) is 32.1 Å². The first kappa shape index (κ1) is 28.6. The molecule has 8 heteroatoms. The number of nitrogens with one attached hydrogen (secondary N) is 1. The number of piperidine rings is 1. The number of hydrogen-bond donors (Lipinski definition) is 1. The minimum atomic E-state index is -0.0639. The minimum Gasteiger partial charge on any atom is -0.493 e. The second-order valence-corrected chi connectivity index (χ2v) is 10.8. The number of fused-ring (bicyclic) bond motifs is 1. The van der Waals surface area contributed by atoms with Gasteiger partial charge in [-0.15, -0.1) is 0 Å². The number of amides is 1. The summed E-state index contributed by atoms with van der Waals surface area (Å²) in [5, 5.41) is 4.30. The molecule has 1 saturated heterocycles. The Morgan fingerprint density at radius 1 is 1.08 bits per heavy atom. The van der Waals surface area contributed by atoms with Gasteiger partial charge in [-0.25, -0.2) is 4.98 Å². The number of carbonyl (C=O) groups excluding carboxylic acids is 1. The number of benzene rings is 1. The normalized spacial score (nSPS) is 18.6. The van der Waals surface area contributed by atoms with Crippen molar-refractivity contribution in [2.75, 3.05) is 46.8 Å². The van der Waals surface area contributed by atoms with Crippen LogP contribution in [0.4, 0.5) is 0 Å². The molecule has 1 amide bonds. The molecule has 8 nitrogen and oxygen atoms in total. The SMILES string of the molecule is COCOCCCOc1cc(C(=O)N(C(C)C)[C@@H]2CCCNC2)nc2c(OCC3CCCCC3)cccc12. The Kier molecular flexibility index (Phi) is 11.0. The summed E-state index contributed by atoms with van der Waals surface area (Å²) < 4.78 is 22.9. The Morgan fingerprint density at radius 3 is 2.66 bits per heavy atom. The summed E-state index contributed by atoms with van der Waals surface area (Å²) in [6.45, 7) is 7.89. The predicted molar refractivity (Wildman–Crippen MR) is 149 cm³/mol. The molecular weight excluding hydrogens is 482 g/mol. The third-order valence-corrected chi connectivity index (χ3v) is 7.53. The van der Waals surface area contributed by atoms with Gasteiger partial charge in [0.2, 0.25) is 0 Å². The number of methoxy groups -OCH3 is 1. The number of nitrogens with zero attached hydrogens (tertiary/aromatic N) is 2. The van der Waals surface area contributed by atoms with Gasteiger partial charge in [0.05, 0.1) is 19.8 Å². The second-order valence-electron chi connectivity index (χ2n) is 10.8. The third-order valence-electron chi connectivity index (χ3n) is 7.53. The molecule has 2 aromatic rings. The number of ether oxygens (including phenoxy) is 4. The van der Waals surface area contributed by atoms with Crippen molar-refractivity contribution in [3.05, 3.63) is 30.0 Å². The molecule has 2 heterocycles. The fourth-order valence-electron chi connectivity index (χ4n) is 5.61. The maximum atomic E-state index is 14.0. The number of pyridine rings is 1. The molecule has 38 heavy (non-hydrogen) atoms. The van der Waals surface area contributed by atoms with Gasteiger partial charge in [-0.05, 0) is 64.1 Å². The van der Waals surface area contributed by atoms with Crippen LogP contribution in [0.1, 0.15) is 75.7 Å². The van der Waals surface area contributed by atoms with Crippen LogP contribution < -0.4 is 14.8 Å². The Bertz CT molecular complexity index is 1020. The lowest BCUT2D eigenvalue weighted by Crippen LogP contribution is -2.51. The van der Waals surface area contributed by atoms with Crippen LogP contribution in [-0.4, -0.2) is 74.7 Å². The molecule has 0 unspecified atom stereocenters. The molecule has 2 aliphatic rings. The Morgan fingerprint density at radius 2 is 1.92 bits per heavy atom. The lowest BCUT2D eigenvalue weighted by molar-refractivity contribution is -0.0332. The number of aromatic nitrogens is 1. The molecule has 1 aliphatic heterocycles. The van der Waals surface area contributed by atoms with E-state index in [1.807, 2.05) is 23.1 Å². The largest absolute Gasteiger partial charge is 0.493 e. The summed E-state index contributed by atoms with van der Waals surface area (Å²) in [7, 11) is 1.61. The summed E-state index contributed by atoms with van der Waals surface area (Å²) in [4.78, 5) is 20.8. The van der Waals surface area contributed by atoms with E-state index in [2.05, 4.69) is 19.2 Å². The van der Waals surface area contributed by atoms with Gasteiger partial charge in [0.25, 0.3) is 5.91 Å². The molecule has 1 saturated carbocycles. The summed E-state index contributed by atoms with van der Waals surface area (Å²) >= 11 is 0. The maximum absolute atomic E-state index is 14.0. The van der Waals surface area contributed by atoms with E-state index < -0.39 is 0 Å². The first-order valence-electron chi connectivity index (χ1n) is 14.4. The van der Waals surface area contributed by atoms with Gasteiger partial charge in [0, 0.05) is 43.6 Å². The smallest absolute Gasteiger partial charge is 0.273 e. The van der Waals surface area contributed by atoms with Gasteiger partial charge in [0.15, 0.2) is 0 Å². The molecule has 1 N–H and O–H groups in total. The van der Waals surface area contributed by atoms with Crippen LogP contribution in [0.5, 0.6) is 11.5 Å². The number of hydrogen-bond acceptors (Lipinski definition) is 7. The van der Waals surface area contributed by atoms with E-state index in [1.54, 1.807) is 13.2 Å². The van der Waals surface area contributed by atoms with Crippen molar-refractivity contribution in [3.8, 4) is 11.5 Å². The molecule has 1 aromatic carbocycles. The maximum Gasteiger partial charge on any atom is 0.273 e. The van der Waals surface area contributed by atoms with Crippen LogP contribution in [0.25, 0.3) is 10.9 Å². The van der Waals surface area contributed by atoms with Crippen LogP contribution >= 0.6 is 0 Å². The van der Waals surface area contributed by atoms with E-state index in [0.29, 0.717) is 54.9 Å². The second kappa shape index (κ2) is 14.7. The van der Waals surface area contributed by atoms with Crippen LogP contribution in [-0.2, 0) is 9.47 Å². The molecule has 1 aliphatic carbocycles. The van der Waals surface area contributed by atoms with Crippen LogP contribution in [0.2, 0.25) is 0 Å². The Hall–Kier alpha value is -2.42. The van der Waals surface area contributed by atoms with Crippen molar-refractivity contribution in [1.82, 2.24) is 15.2 Å². The fraction of sp³-hybridized carbons (Fsp3) is 0.667. The van der Waals surface area contributed by atoms with Gasteiger partial charge in [-0.1, -0.05) is 25.3 Å². The van der Waals surface area contributed by atoms with E-state index in [9.17, 15) is 4.79 Å². The van der Waals surface area contributed by atoms with Crippen molar-refractivity contribution < 1.29 is 23.7 Å². The molecule has 0 bridgehead atoms. The predicted octanol–water partition coefficient (Wildman–Crippen LogP) is 5.19. The van der Waals surface area contributed by atoms with Crippen molar-refractivity contribution in [2.45, 2.75) is 77.3 Å². The van der Waals surface area contributed by atoms with Gasteiger partial charge in [-0.3, -0.25) is 4.79 Å². The highest BCUT2D eigenvalue weighted by Crippen LogP contribution is 2.34. The summed E-state index contributed by atoms with van der Waals surface area (Å²) in [5.74, 6) is 1.87. The zero-order valence-electron chi connectivity index (χ0n) is 23.4. The highest BCUT2D eigenvalue weighted by atomic mass is 16.7. The molecule has 210 valence electrons. The number of para-hydroxylation sites is 1. The highest BCUT2D eigenvalue weighted by molar-refractivity contribution is 5.98.